The molecule has 5 heteroatoms. The fourth-order valence-electron chi connectivity index (χ4n) is 2.36. The van der Waals surface area contributed by atoms with Gasteiger partial charge in [0, 0.05) is 23.5 Å². The van der Waals surface area contributed by atoms with Crippen LogP contribution in [0.4, 0.5) is 0 Å². The number of hydrogen-bond donors (Lipinski definition) is 2. The molecule has 0 bridgehead atoms. The third kappa shape index (κ3) is 4.10. The molecule has 0 amide bonds. The second-order valence-electron chi connectivity index (χ2n) is 5.07. The van der Waals surface area contributed by atoms with Crippen molar-refractivity contribution in [3.63, 3.8) is 0 Å². The van der Waals surface area contributed by atoms with Crippen LogP contribution in [0.2, 0.25) is 0 Å². The van der Waals surface area contributed by atoms with Gasteiger partial charge in [-0.3, -0.25) is 9.59 Å². The summed E-state index contributed by atoms with van der Waals surface area (Å²) in [6.45, 7) is 1.60. The highest BCUT2D eigenvalue weighted by Gasteiger charge is 2.25. The number of esters is 2. The van der Waals surface area contributed by atoms with Crippen LogP contribution in [0.25, 0.3) is 0 Å². The minimum Gasteiger partial charge on any atom is -0.508 e. The highest BCUT2D eigenvalue weighted by molar-refractivity contribution is 5.86. The van der Waals surface area contributed by atoms with Crippen LogP contribution in [0.1, 0.15) is 36.8 Å². The van der Waals surface area contributed by atoms with Crippen LogP contribution in [0.15, 0.2) is 48.5 Å². The number of hydrogen-bond acceptors (Lipinski definition) is 5. The van der Waals surface area contributed by atoms with E-state index in [2.05, 4.69) is 0 Å². The first-order chi connectivity index (χ1) is 11.0. The fourth-order valence-corrected chi connectivity index (χ4v) is 2.36. The topological polar surface area (TPSA) is 83.8 Å². The molecule has 23 heavy (non-hydrogen) atoms. The number of carbonyl (C=O) groups is 2. The summed E-state index contributed by atoms with van der Waals surface area (Å²) < 4.78 is 4.71. The molecular weight excluding hydrogens is 296 g/mol. The summed E-state index contributed by atoms with van der Waals surface area (Å²) in [5, 5.41) is 20.1. The van der Waals surface area contributed by atoms with Gasteiger partial charge in [-0.1, -0.05) is 43.3 Å². The van der Waals surface area contributed by atoms with Crippen LogP contribution in [0.3, 0.4) is 0 Å². The van der Waals surface area contributed by atoms with Crippen LogP contribution >= 0.6 is 0 Å². The summed E-state index contributed by atoms with van der Waals surface area (Å²) in [6.07, 6.45) is -0.0650. The summed E-state index contributed by atoms with van der Waals surface area (Å²) >= 11 is 0. The maximum Gasteiger partial charge on any atom is 0.314 e. The molecule has 0 radical (unpaired) electrons. The van der Waals surface area contributed by atoms with Crippen LogP contribution in [0, 0.1) is 0 Å². The SMILES string of the molecule is CCC(=O)OC(=O)CC(c1ccccc1O)c1ccccc1O. The summed E-state index contributed by atoms with van der Waals surface area (Å²) in [6, 6.07) is 13.1. The second-order valence-corrected chi connectivity index (χ2v) is 5.07. The molecule has 0 saturated carbocycles. The van der Waals surface area contributed by atoms with Crippen LogP contribution < -0.4 is 0 Å². The van der Waals surface area contributed by atoms with Gasteiger partial charge in [0.1, 0.15) is 11.5 Å². The van der Waals surface area contributed by atoms with Crippen LogP contribution in [0.5, 0.6) is 11.5 Å². The third-order valence-electron chi connectivity index (χ3n) is 3.51. The normalized spacial score (nSPS) is 10.5. The zero-order valence-electron chi connectivity index (χ0n) is 12.7. The van der Waals surface area contributed by atoms with E-state index >= 15 is 0 Å². The van der Waals surface area contributed by atoms with Gasteiger partial charge in [0.2, 0.25) is 0 Å². The Labute approximate surface area is 134 Å². The van der Waals surface area contributed by atoms with Crippen molar-refractivity contribution in [3.05, 3.63) is 59.7 Å². The molecule has 0 fully saturated rings. The number of benzene rings is 2. The number of ether oxygens (including phenoxy) is 1. The van der Waals surface area contributed by atoms with Crippen LogP contribution in [-0.4, -0.2) is 22.2 Å². The Bertz CT molecular complexity index is 663. The zero-order chi connectivity index (χ0) is 16.8. The van der Waals surface area contributed by atoms with E-state index in [1.54, 1.807) is 43.3 Å². The van der Waals surface area contributed by atoms with E-state index in [4.69, 9.17) is 4.74 Å². The molecule has 0 spiro atoms. The number of para-hydroxylation sites is 2. The van der Waals surface area contributed by atoms with Gasteiger partial charge in [-0.2, -0.15) is 0 Å². The Morgan fingerprint density at radius 3 is 1.83 bits per heavy atom. The Morgan fingerprint density at radius 2 is 1.39 bits per heavy atom. The maximum atomic E-state index is 12.0. The quantitative estimate of drug-likeness (QED) is 0.654. The van der Waals surface area contributed by atoms with E-state index in [0.29, 0.717) is 11.1 Å². The average molecular weight is 314 g/mol. The van der Waals surface area contributed by atoms with Gasteiger partial charge in [0.15, 0.2) is 0 Å². The lowest BCUT2D eigenvalue weighted by molar-refractivity contribution is -0.159. The highest BCUT2D eigenvalue weighted by atomic mass is 16.6. The summed E-state index contributed by atoms with van der Waals surface area (Å²) in [4.78, 5) is 23.3. The van der Waals surface area contributed by atoms with Crippen molar-refractivity contribution in [2.75, 3.05) is 0 Å². The van der Waals surface area contributed by atoms with Crippen molar-refractivity contribution in [3.8, 4) is 11.5 Å². The Kier molecular flexibility index (Phi) is 5.36. The Morgan fingerprint density at radius 1 is 0.913 bits per heavy atom. The van der Waals surface area contributed by atoms with Crippen molar-refractivity contribution in [1.82, 2.24) is 0 Å². The lowest BCUT2D eigenvalue weighted by Crippen LogP contribution is -2.15. The summed E-state index contributed by atoms with van der Waals surface area (Å²) in [5.74, 6) is -1.91. The van der Waals surface area contributed by atoms with Gasteiger partial charge >= 0.3 is 11.9 Å². The minimum absolute atomic E-state index is 0.00960. The molecule has 0 aliphatic rings. The first-order valence-electron chi connectivity index (χ1n) is 7.32. The molecular formula is C18H18O5. The molecule has 0 heterocycles. The number of carbonyl (C=O) groups excluding carboxylic acids is 2. The first kappa shape index (κ1) is 16.5. The highest BCUT2D eigenvalue weighted by Crippen LogP contribution is 2.37. The van der Waals surface area contributed by atoms with E-state index in [1.165, 1.54) is 12.1 Å². The number of aromatic hydroxyl groups is 2. The monoisotopic (exact) mass is 314 g/mol. The molecule has 0 aliphatic carbocycles. The average Bonchev–Trinajstić information content (AvgIpc) is 2.54. The largest absolute Gasteiger partial charge is 0.508 e. The number of rotatable bonds is 5. The lowest BCUT2D eigenvalue weighted by Gasteiger charge is -2.19. The summed E-state index contributed by atoms with van der Waals surface area (Å²) in [5.41, 5.74) is 0.963. The van der Waals surface area contributed by atoms with Gasteiger partial charge in [0.25, 0.3) is 0 Å². The van der Waals surface area contributed by atoms with E-state index in [0.717, 1.165) is 0 Å². The number of phenolic OH excluding ortho intramolecular Hbond substituents is 2. The fraction of sp³-hybridized carbons (Fsp3) is 0.222. The molecule has 2 aromatic rings. The van der Waals surface area contributed by atoms with Gasteiger partial charge in [-0.05, 0) is 12.1 Å². The van der Waals surface area contributed by atoms with E-state index < -0.39 is 17.9 Å². The Hall–Kier alpha value is -2.82. The zero-order valence-corrected chi connectivity index (χ0v) is 12.7. The van der Waals surface area contributed by atoms with Gasteiger partial charge in [-0.25, -0.2) is 0 Å². The van der Waals surface area contributed by atoms with Gasteiger partial charge in [0.05, 0.1) is 6.42 Å². The Balaban J connectivity index is 2.37. The van der Waals surface area contributed by atoms with E-state index in [-0.39, 0.29) is 24.3 Å². The maximum absolute atomic E-state index is 12.0. The molecule has 0 saturated heterocycles. The first-order valence-corrected chi connectivity index (χ1v) is 7.32. The summed E-state index contributed by atoms with van der Waals surface area (Å²) in [7, 11) is 0. The van der Waals surface area contributed by atoms with Crippen molar-refractivity contribution in [1.29, 1.82) is 0 Å². The molecule has 120 valence electrons. The predicted molar refractivity (Wildman–Crippen MR) is 84.1 cm³/mol. The number of phenols is 2. The van der Waals surface area contributed by atoms with Gasteiger partial charge in [-0.15, -0.1) is 0 Å². The molecule has 0 aliphatic heterocycles. The lowest BCUT2D eigenvalue weighted by atomic mass is 9.87. The molecule has 2 aromatic carbocycles. The standard InChI is InChI=1S/C18H18O5/c1-2-17(21)23-18(22)11-14(12-7-3-5-9-15(12)19)13-8-4-6-10-16(13)20/h3-10,14,19-20H,2,11H2,1H3. The molecule has 2 N–H and O–H groups in total. The van der Waals surface area contributed by atoms with E-state index in [1.807, 2.05) is 0 Å². The molecule has 5 nitrogen and oxygen atoms in total. The molecule has 0 aromatic heterocycles. The van der Waals surface area contributed by atoms with E-state index in [9.17, 15) is 19.8 Å². The van der Waals surface area contributed by atoms with Crippen molar-refractivity contribution < 1.29 is 24.5 Å². The van der Waals surface area contributed by atoms with Crippen molar-refractivity contribution in [2.24, 2.45) is 0 Å². The second kappa shape index (κ2) is 7.45. The molecule has 0 atom stereocenters. The molecule has 2 rings (SSSR count). The van der Waals surface area contributed by atoms with Crippen molar-refractivity contribution >= 4 is 11.9 Å². The smallest absolute Gasteiger partial charge is 0.314 e. The van der Waals surface area contributed by atoms with Crippen molar-refractivity contribution in [2.45, 2.75) is 25.7 Å². The predicted octanol–water partition coefficient (Wildman–Crippen LogP) is 3.10. The third-order valence-corrected chi connectivity index (χ3v) is 3.51. The van der Waals surface area contributed by atoms with Crippen LogP contribution in [-0.2, 0) is 14.3 Å². The van der Waals surface area contributed by atoms with Gasteiger partial charge < -0.3 is 14.9 Å². The minimum atomic E-state index is -0.701. The molecule has 0 unspecified atom stereocenters.